The van der Waals surface area contributed by atoms with Crippen molar-refractivity contribution in [3.8, 4) is 0 Å². The Balaban J connectivity index is 5.36. The molecule has 0 spiro atoms. The van der Waals surface area contributed by atoms with Gasteiger partial charge in [-0.2, -0.15) is 0 Å². The maximum Gasteiger partial charge on any atom is 0.472 e. The minimum Gasteiger partial charge on any atom is -0.462 e. The van der Waals surface area contributed by atoms with E-state index in [2.05, 4.69) is 107 Å². The summed E-state index contributed by atoms with van der Waals surface area (Å²) in [4.78, 5) is 72.8. The molecular formula is C79H138O17P2. The number of aliphatic hydroxyl groups is 1. The van der Waals surface area contributed by atoms with Gasteiger partial charge in [-0.25, -0.2) is 9.13 Å². The second-order valence-corrected chi connectivity index (χ2v) is 28.5. The number of hydrogen-bond donors (Lipinski definition) is 3. The molecule has 0 aliphatic rings. The Bertz CT molecular complexity index is 2240. The second kappa shape index (κ2) is 71.4. The summed E-state index contributed by atoms with van der Waals surface area (Å²) in [6, 6.07) is 0. The van der Waals surface area contributed by atoms with E-state index in [4.69, 9.17) is 37.0 Å². The summed E-state index contributed by atoms with van der Waals surface area (Å²) in [7, 11) is -9.96. The van der Waals surface area contributed by atoms with Crippen LogP contribution in [0.2, 0.25) is 0 Å². The van der Waals surface area contributed by atoms with Gasteiger partial charge in [0.15, 0.2) is 12.2 Å². The first-order chi connectivity index (χ1) is 47.7. The van der Waals surface area contributed by atoms with Crippen LogP contribution in [0.1, 0.15) is 323 Å². The fourth-order valence-corrected chi connectivity index (χ4v) is 11.7. The molecule has 0 amide bonds. The number of aliphatic hydroxyl groups excluding tert-OH is 1. The Morgan fingerprint density at radius 3 is 0.918 bits per heavy atom. The van der Waals surface area contributed by atoms with Gasteiger partial charge in [0.05, 0.1) is 26.4 Å². The lowest BCUT2D eigenvalue weighted by Gasteiger charge is -2.21. The van der Waals surface area contributed by atoms with Crippen LogP contribution in [0, 0.1) is 0 Å². The van der Waals surface area contributed by atoms with Crippen LogP contribution in [0.25, 0.3) is 0 Å². The molecule has 0 aromatic rings. The molecule has 0 aliphatic heterocycles. The fourth-order valence-electron chi connectivity index (χ4n) is 10.2. The van der Waals surface area contributed by atoms with Gasteiger partial charge in [0, 0.05) is 25.7 Å². The molecule has 0 aliphatic carbocycles. The maximum absolute atomic E-state index is 13.1. The zero-order chi connectivity index (χ0) is 71.8. The van der Waals surface area contributed by atoms with Gasteiger partial charge in [0.1, 0.15) is 19.3 Å². The van der Waals surface area contributed by atoms with Crippen molar-refractivity contribution in [2.75, 3.05) is 39.6 Å². The molecular weight excluding hydrogens is 1280 g/mol. The van der Waals surface area contributed by atoms with Crippen molar-refractivity contribution in [1.82, 2.24) is 0 Å². The summed E-state index contributed by atoms with van der Waals surface area (Å²) in [6.07, 6.45) is 74.2. The predicted octanol–water partition coefficient (Wildman–Crippen LogP) is 22.0. The molecule has 5 unspecified atom stereocenters. The molecule has 98 heavy (non-hydrogen) atoms. The number of allylic oxidation sites excluding steroid dienone is 16. The first kappa shape index (κ1) is 94.0. The van der Waals surface area contributed by atoms with Crippen molar-refractivity contribution < 1.29 is 80.2 Å². The molecule has 17 nitrogen and oxygen atoms in total. The van der Waals surface area contributed by atoms with E-state index in [9.17, 15) is 43.2 Å². The van der Waals surface area contributed by atoms with Gasteiger partial charge in [0.2, 0.25) is 0 Å². The molecule has 0 saturated carbocycles. The zero-order valence-corrected chi connectivity index (χ0v) is 63.5. The normalized spacial score (nSPS) is 14.5. The maximum atomic E-state index is 13.1. The number of ether oxygens (including phenoxy) is 4. The number of esters is 4. The minimum absolute atomic E-state index is 0.0346. The largest absolute Gasteiger partial charge is 0.472 e. The molecule has 0 rings (SSSR count). The van der Waals surface area contributed by atoms with Crippen molar-refractivity contribution >= 4 is 39.5 Å². The molecule has 0 bridgehead atoms. The third-order valence-electron chi connectivity index (χ3n) is 16.0. The van der Waals surface area contributed by atoms with E-state index in [-0.39, 0.29) is 25.7 Å². The molecule has 19 heteroatoms. The average molecular weight is 1420 g/mol. The van der Waals surface area contributed by atoms with Crippen LogP contribution in [0.15, 0.2) is 97.2 Å². The smallest absolute Gasteiger partial charge is 0.462 e. The molecule has 0 radical (unpaired) electrons. The van der Waals surface area contributed by atoms with E-state index >= 15 is 0 Å². The highest BCUT2D eigenvalue weighted by Gasteiger charge is 2.30. The molecule has 0 aromatic carbocycles. The summed E-state index contributed by atoms with van der Waals surface area (Å²) in [6.45, 7) is 4.63. The van der Waals surface area contributed by atoms with E-state index in [0.717, 1.165) is 128 Å². The standard InChI is InChI=1S/C79H138O17P2/c1-5-9-13-17-21-25-29-32-34-35-36-37-39-42-45-48-52-56-60-64-77(82)89-69-74(95-78(83)65-61-57-53-49-43-28-24-20-16-12-8-4)71-93-97(85,86)91-67-73(80)68-92-98(87,88)94-72-75(96-79(84)66-62-58-54-50-46-40-31-27-23-19-15-11-7-3)70-90-76(81)63-59-55-51-47-44-41-38-33-30-26-22-18-14-10-6-2/h9,13,20-21,24-25,27,31-32,34,36-37,42,45,52,56,73-75,80H,5-8,10-12,14-19,22-23,26,28-30,33,35,38-41,43-44,46-51,53-55,57-72H2,1-4H3,(H,85,86)(H,87,88)/b13-9-,24-20-,25-21-,31-27-,34-32-,37-36-,45-42-,56-52-. The van der Waals surface area contributed by atoms with Gasteiger partial charge in [-0.1, -0.05) is 285 Å². The minimum atomic E-state index is -4.99. The summed E-state index contributed by atoms with van der Waals surface area (Å²) in [5.41, 5.74) is 0. The highest BCUT2D eigenvalue weighted by Crippen LogP contribution is 2.45. The van der Waals surface area contributed by atoms with Gasteiger partial charge < -0.3 is 33.8 Å². The quantitative estimate of drug-likeness (QED) is 0.0169. The summed E-state index contributed by atoms with van der Waals surface area (Å²) < 4.78 is 68.3. The Labute approximate surface area is 595 Å². The Hall–Kier alpha value is -4.02. The number of carbonyl (C=O) groups excluding carboxylic acids is 4. The molecule has 0 aromatic heterocycles. The summed E-state index contributed by atoms with van der Waals surface area (Å²) in [5.74, 6) is -2.28. The van der Waals surface area contributed by atoms with Gasteiger partial charge >= 0.3 is 39.5 Å². The number of phosphoric ester groups is 2. The Kier molecular flexibility index (Phi) is 68.4. The van der Waals surface area contributed by atoms with Crippen molar-refractivity contribution in [1.29, 1.82) is 0 Å². The Morgan fingerprint density at radius 2 is 0.561 bits per heavy atom. The van der Waals surface area contributed by atoms with Crippen LogP contribution in [0.5, 0.6) is 0 Å². The van der Waals surface area contributed by atoms with Crippen molar-refractivity contribution in [3.63, 3.8) is 0 Å². The lowest BCUT2D eigenvalue weighted by Crippen LogP contribution is -2.30. The molecule has 0 saturated heterocycles. The van der Waals surface area contributed by atoms with E-state index in [1.54, 1.807) is 0 Å². The van der Waals surface area contributed by atoms with Gasteiger partial charge in [0.25, 0.3) is 0 Å². The van der Waals surface area contributed by atoms with Gasteiger partial charge in [-0.3, -0.25) is 37.3 Å². The van der Waals surface area contributed by atoms with E-state index in [1.807, 2.05) is 18.2 Å². The lowest BCUT2D eigenvalue weighted by atomic mass is 10.0. The summed E-state index contributed by atoms with van der Waals surface area (Å²) >= 11 is 0. The highest BCUT2D eigenvalue weighted by atomic mass is 31.2. The number of hydrogen-bond acceptors (Lipinski definition) is 15. The number of rotatable bonds is 72. The average Bonchev–Trinajstić information content (AvgIpc) is 1.00. The van der Waals surface area contributed by atoms with Gasteiger partial charge in [-0.15, -0.1) is 0 Å². The molecule has 3 N–H and O–H groups in total. The van der Waals surface area contributed by atoms with Crippen molar-refractivity contribution in [3.05, 3.63) is 97.2 Å². The molecule has 5 atom stereocenters. The van der Waals surface area contributed by atoms with Crippen LogP contribution in [-0.2, 0) is 65.4 Å². The second-order valence-electron chi connectivity index (χ2n) is 25.6. The van der Waals surface area contributed by atoms with E-state index in [0.29, 0.717) is 32.1 Å². The van der Waals surface area contributed by atoms with Crippen LogP contribution in [0.3, 0.4) is 0 Å². The number of unbranched alkanes of at least 4 members (excludes halogenated alkanes) is 30. The Morgan fingerprint density at radius 1 is 0.296 bits per heavy atom. The van der Waals surface area contributed by atoms with Crippen LogP contribution in [0.4, 0.5) is 0 Å². The van der Waals surface area contributed by atoms with E-state index < -0.39 is 97.5 Å². The van der Waals surface area contributed by atoms with Gasteiger partial charge in [-0.05, 0) is 109 Å². The topological polar surface area (TPSA) is 237 Å². The molecule has 566 valence electrons. The van der Waals surface area contributed by atoms with E-state index in [1.165, 1.54) is 109 Å². The van der Waals surface area contributed by atoms with Crippen LogP contribution < -0.4 is 0 Å². The number of carbonyl (C=O) groups is 4. The summed E-state index contributed by atoms with van der Waals surface area (Å²) in [5, 5.41) is 10.6. The monoisotopic (exact) mass is 1420 g/mol. The van der Waals surface area contributed by atoms with Crippen LogP contribution >= 0.6 is 15.6 Å². The highest BCUT2D eigenvalue weighted by molar-refractivity contribution is 7.47. The molecule has 0 fully saturated rings. The fraction of sp³-hybridized carbons (Fsp3) is 0.747. The zero-order valence-electron chi connectivity index (χ0n) is 61.7. The predicted molar refractivity (Wildman–Crippen MR) is 399 cm³/mol. The third-order valence-corrected chi connectivity index (χ3v) is 17.9. The third kappa shape index (κ3) is 70.4. The SMILES string of the molecule is CC/C=C\C/C=C\C/C=C\C/C=C\C/C=C\C/C=C\CCC(=O)OCC(COP(=O)(O)OCC(O)COP(=O)(O)OCC(COC(=O)CCCCCCCCCCCCCCCCC)OC(=O)CCCCCCC/C=C\CCCCCC)OC(=O)CCCCCCC/C=C\CCCC. The first-order valence-electron chi connectivity index (χ1n) is 38.5. The van der Waals surface area contributed by atoms with Crippen LogP contribution in [-0.4, -0.2) is 96.7 Å². The van der Waals surface area contributed by atoms with Crippen molar-refractivity contribution in [2.24, 2.45) is 0 Å². The first-order valence-corrected chi connectivity index (χ1v) is 41.5. The molecule has 0 heterocycles. The van der Waals surface area contributed by atoms with Crippen molar-refractivity contribution in [2.45, 2.75) is 341 Å². The lowest BCUT2D eigenvalue weighted by molar-refractivity contribution is -0.161. The number of phosphoric acid groups is 2.